The molecule has 0 spiro atoms. The fourth-order valence-corrected chi connectivity index (χ4v) is 3.19. The van der Waals surface area contributed by atoms with Gasteiger partial charge in [0.05, 0.1) is 12.8 Å². The zero-order valence-electron chi connectivity index (χ0n) is 17.0. The highest BCUT2D eigenvalue weighted by molar-refractivity contribution is 6.04. The van der Waals surface area contributed by atoms with E-state index in [-0.39, 0.29) is 11.7 Å². The van der Waals surface area contributed by atoms with E-state index in [1.807, 2.05) is 6.07 Å². The van der Waals surface area contributed by atoms with Gasteiger partial charge in [-0.15, -0.1) is 0 Å². The van der Waals surface area contributed by atoms with Crippen LogP contribution in [0, 0.1) is 0 Å². The molecule has 0 bridgehead atoms. The lowest BCUT2D eigenvalue weighted by Gasteiger charge is -2.14. The highest BCUT2D eigenvalue weighted by atomic mass is 19.3. The molecule has 0 saturated carbocycles. The first-order valence-corrected chi connectivity index (χ1v) is 9.68. The minimum atomic E-state index is -2.97. The monoisotopic (exact) mass is 435 g/mol. The molecule has 8 heteroatoms. The molecular formula is C24H19F2N3O3. The zero-order chi connectivity index (χ0) is 22.5. The van der Waals surface area contributed by atoms with Gasteiger partial charge in [0.25, 0.3) is 5.91 Å². The average molecular weight is 435 g/mol. The largest absolute Gasteiger partial charge is 0.497 e. The number of anilines is 1. The molecule has 3 aromatic carbocycles. The SMILES string of the molecule is COc1ccc(-c2cc(NC(=O)c3ccc(-n4cccn4)cc3)ccc2OC(F)F)cc1. The third-order valence-electron chi connectivity index (χ3n) is 4.75. The Hall–Kier alpha value is -4.20. The number of amides is 1. The summed E-state index contributed by atoms with van der Waals surface area (Å²) >= 11 is 0. The summed E-state index contributed by atoms with van der Waals surface area (Å²) in [5, 5.41) is 6.95. The van der Waals surface area contributed by atoms with Gasteiger partial charge < -0.3 is 14.8 Å². The van der Waals surface area contributed by atoms with E-state index in [0.29, 0.717) is 28.1 Å². The summed E-state index contributed by atoms with van der Waals surface area (Å²) in [5.41, 5.74) is 2.76. The number of carbonyl (C=O) groups is 1. The summed E-state index contributed by atoms with van der Waals surface area (Å²) in [7, 11) is 1.54. The Morgan fingerprint density at radius 3 is 2.41 bits per heavy atom. The second-order valence-electron chi connectivity index (χ2n) is 6.77. The Bertz CT molecular complexity index is 1190. The van der Waals surface area contributed by atoms with E-state index in [9.17, 15) is 13.6 Å². The van der Waals surface area contributed by atoms with Crippen LogP contribution in [0.5, 0.6) is 11.5 Å². The fourth-order valence-electron chi connectivity index (χ4n) is 3.19. The molecule has 162 valence electrons. The summed E-state index contributed by atoms with van der Waals surface area (Å²) in [4.78, 5) is 12.7. The Kier molecular flexibility index (Phi) is 6.12. The van der Waals surface area contributed by atoms with Crippen molar-refractivity contribution in [3.8, 4) is 28.3 Å². The Morgan fingerprint density at radius 2 is 1.78 bits per heavy atom. The number of rotatable bonds is 7. The molecule has 0 fully saturated rings. The molecule has 6 nitrogen and oxygen atoms in total. The molecule has 0 aliphatic rings. The maximum absolute atomic E-state index is 12.9. The van der Waals surface area contributed by atoms with E-state index >= 15 is 0 Å². The van der Waals surface area contributed by atoms with Crippen molar-refractivity contribution in [2.75, 3.05) is 12.4 Å². The van der Waals surface area contributed by atoms with Crippen LogP contribution >= 0.6 is 0 Å². The first kappa shape index (κ1) is 21.0. The van der Waals surface area contributed by atoms with Gasteiger partial charge in [-0.25, -0.2) is 4.68 Å². The number of hydrogen-bond acceptors (Lipinski definition) is 4. The number of ether oxygens (including phenoxy) is 2. The number of nitrogens with one attached hydrogen (secondary N) is 1. The van der Waals surface area contributed by atoms with Crippen LogP contribution in [-0.2, 0) is 0 Å². The number of halogens is 2. The number of benzene rings is 3. The van der Waals surface area contributed by atoms with E-state index in [2.05, 4.69) is 15.2 Å². The maximum atomic E-state index is 12.9. The highest BCUT2D eigenvalue weighted by Gasteiger charge is 2.14. The topological polar surface area (TPSA) is 65.4 Å². The van der Waals surface area contributed by atoms with Crippen molar-refractivity contribution in [2.45, 2.75) is 6.61 Å². The van der Waals surface area contributed by atoms with Gasteiger partial charge in [-0.1, -0.05) is 12.1 Å². The number of hydrogen-bond donors (Lipinski definition) is 1. The number of methoxy groups -OCH3 is 1. The lowest BCUT2D eigenvalue weighted by Crippen LogP contribution is -2.12. The smallest absolute Gasteiger partial charge is 0.387 e. The van der Waals surface area contributed by atoms with Crippen molar-refractivity contribution >= 4 is 11.6 Å². The molecule has 1 aromatic heterocycles. The van der Waals surface area contributed by atoms with E-state index < -0.39 is 6.61 Å². The van der Waals surface area contributed by atoms with E-state index in [4.69, 9.17) is 4.74 Å². The molecule has 1 N–H and O–H groups in total. The predicted molar refractivity (Wildman–Crippen MR) is 117 cm³/mol. The van der Waals surface area contributed by atoms with Crippen LogP contribution in [0.15, 0.2) is 85.2 Å². The van der Waals surface area contributed by atoms with Crippen molar-refractivity contribution in [3.63, 3.8) is 0 Å². The summed E-state index contributed by atoms with van der Waals surface area (Å²) in [5.74, 6) is 0.306. The summed E-state index contributed by atoms with van der Waals surface area (Å²) in [6.07, 6.45) is 3.47. The van der Waals surface area contributed by atoms with Crippen molar-refractivity contribution in [1.29, 1.82) is 0 Å². The molecule has 0 atom stereocenters. The van der Waals surface area contributed by atoms with Crippen LogP contribution in [0.3, 0.4) is 0 Å². The van der Waals surface area contributed by atoms with Gasteiger partial charge in [0.2, 0.25) is 0 Å². The van der Waals surface area contributed by atoms with Gasteiger partial charge >= 0.3 is 6.61 Å². The van der Waals surface area contributed by atoms with Crippen LogP contribution < -0.4 is 14.8 Å². The summed E-state index contributed by atoms with van der Waals surface area (Å²) in [6.45, 7) is -2.97. The van der Waals surface area contributed by atoms with Gasteiger partial charge in [-0.3, -0.25) is 4.79 Å². The van der Waals surface area contributed by atoms with Crippen LogP contribution in [0.4, 0.5) is 14.5 Å². The van der Waals surface area contributed by atoms with Crippen LogP contribution in [0.25, 0.3) is 16.8 Å². The Morgan fingerprint density at radius 1 is 1.03 bits per heavy atom. The zero-order valence-corrected chi connectivity index (χ0v) is 17.0. The average Bonchev–Trinajstić information content (AvgIpc) is 3.35. The molecule has 0 saturated heterocycles. The van der Waals surface area contributed by atoms with Crippen LogP contribution in [0.2, 0.25) is 0 Å². The second kappa shape index (κ2) is 9.30. The van der Waals surface area contributed by atoms with Gasteiger partial charge in [0.1, 0.15) is 11.5 Å². The quantitative estimate of drug-likeness (QED) is 0.422. The van der Waals surface area contributed by atoms with Crippen LogP contribution in [0.1, 0.15) is 10.4 Å². The molecule has 0 radical (unpaired) electrons. The Labute approximate surface area is 183 Å². The molecular weight excluding hydrogens is 416 g/mol. The number of carbonyl (C=O) groups excluding carboxylic acids is 1. The fraction of sp³-hybridized carbons (Fsp3) is 0.0833. The second-order valence-corrected chi connectivity index (χ2v) is 6.77. The van der Waals surface area contributed by atoms with Gasteiger partial charge in [0.15, 0.2) is 0 Å². The first-order chi connectivity index (χ1) is 15.5. The summed E-state index contributed by atoms with van der Waals surface area (Å²) in [6, 6.07) is 20.1. The first-order valence-electron chi connectivity index (χ1n) is 9.68. The number of nitrogens with zero attached hydrogens (tertiary/aromatic N) is 2. The number of aromatic nitrogens is 2. The molecule has 4 aromatic rings. The third kappa shape index (κ3) is 4.75. The maximum Gasteiger partial charge on any atom is 0.387 e. The minimum Gasteiger partial charge on any atom is -0.497 e. The molecule has 4 rings (SSSR count). The van der Waals surface area contributed by atoms with E-state index in [1.165, 1.54) is 19.2 Å². The highest BCUT2D eigenvalue weighted by Crippen LogP contribution is 2.34. The lowest BCUT2D eigenvalue weighted by molar-refractivity contribution is -0.0494. The van der Waals surface area contributed by atoms with E-state index in [0.717, 1.165) is 5.69 Å². The third-order valence-corrected chi connectivity index (χ3v) is 4.75. The lowest BCUT2D eigenvalue weighted by atomic mass is 10.0. The number of alkyl halides is 2. The summed E-state index contributed by atoms with van der Waals surface area (Å²) < 4.78 is 37.3. The van der Waals surface area contributed by atoms with Gasteiger partial charge in [0, 0.05) is 29.2 Å². The predicted octanol–water partition coefficient (Wildman–Crippen LogP) is 5.40. The van der Waals surface area contributed by atoms with Crippen molar-refractivity contribution < 1.29 is 23.0 Å². The van der Waals surface area contributed by atoms with Crippen LogP contribution in [-0.4, -0.2) is 29.4 Å². The molecule has 0 aliphatic carbocycles. The molecule has 1 heterocycles. The minimum absolute atomic E-state index is 0.00624. The van der Waals surface area contributed by atoms with E-state index in [1.54, 1.807) is 71.7 Å². The Balaban J connectivity index is 1.58. The normalized spacial score (nSPS) is 10.8. The van der Waals surface area contributed by atoms with Gasteiger partial charge in [-0.2, -0.15) is 13.9 Å². The molecule has 0 aliphatic heterocycles. The standard InChI is InChI=1S/C24H19F2N3O3/c1-31-20-10-5-16(6-11-20)21-15-18(7-12-22(21)32-24(25)26)28-23(30)17-3-8-19(9-4-17)29-14-2-13-27-29/h2-15,24H,1H3,(H,28,30). The molecule has 1 amide bonds. The van der Waals surface area contributed by atoms with Crippen molar-refractivity contribution in [2.24, 2.45) is 0 Å². The molecule has 0 unspecified atom stereocenters. The molecule has 32 heavy (non-hydrogen) atoms. The van der Waals surface area contributed by atoms with Crippen molar-refractivity contribution in [1.82, 2.24) is 9.78 Å². The van der Waals surface area contributed by atoms with Gasteiger partial charge in [-0.05, 0) is 66.2 Å². The van der Waals surface area contributed by atoms with Crippen molar-refractivity contribution in [3.05, 3.63) is 90.8 Å².